The second kappa shape index (κ2) is 6.51. The van der Waals surface area contributed by atoms with E-state index in [0.29, 0.717) is 29.5 Å². The van der Waals surface area contributed by atoms with E-state index in [-0.39, 0.29) is 5.84 Å². The van der Waals surface area contributed by atoms with E-state index in [1.54, 1.807) is 6.20 Å². The highest BCUT2D eigenvalue weighted by Crippen LogP contribution is 2.29. The number of hydrogen-bond acceptors (Lipinski definition) is 3. The fourth-order valence-electron chi connectivity index (χ4n) is 2.31. The van der Waals surface area contributed by atoms with Gasteiger partial charge in [0.15, 0.2) is 0 Å². The van der Waals surface area contributed by atoms with Crippen molar-refractivity contribution in [3.05, 3.63) is 41.5 Å². The Morgan fingerprint density at radius 3 is 2.68 bits per heavy atom. The number of amidine groups is 1. The molecule has 0 aliphatic heterocycles. The summed E-state index contributed by atoms with van der Waals surface area (Å²) in [5.41, 5.74) is 14.1. The standard InChI is InChI=1S/C16H23N5O/c1-10(2)6-11-7-12(16(18)19)15(17)13(8-11)22-9-14-20-4-5-21(14)3/h4-5,7-8,10H,6,9,17H2,1-3H3,(H3,18,19)/p+1. The van der Waals surface area contributed by atoms with E-state index in [1.165, 1.54) is 0 Å². The summed E-state index contributed by atoms with van der Waals surface area (Å²) < 4.78 is 7.74. The van der Waals surface area contributed by atoms with Crippen LogP contribution in [0.25, 0.3) is 0 Å². The van der Waals surface area contributed by atoms with E-state index in [2.05, 4.69) is 18.8 Å². The summed E-state index contributed by atoms with van der Waals surface area (Å²) in [4.78, 5) is 4.23. The monoisotopic (exact) mass is 302 g/mol. The number of hydrogen-bond donors (Lipinski definition) is 3. The largest absolute Gasteiger partial charge is 0.483 e. The lowest BCUT2D eigenvalue weighted by atomic mass is 9.99. The molecule has 0 bridgehead atoms. The molecule has 0 saturated carbocycles. The molecule has 6 N–H and O–H groups in total. The number of rotatable bonds is 6. The first-order chi connectivity index (χ1) is 10.4. The quantitative estimate of drug-likeness (QED) is 0.404. The van der Waals surface area contributed by atoms with Gasteiger partial charge in [0, 0.05) is 19.4 Å². The Hall–Kier alpha value is -2.50. The van der Waals surface area contributed by atoms with Crippen LogP contribution in [0.3, 0.4) is 0 Å². The van der Waals surface area contributed by atoms with Gasteiger partial charge in [0.2, 0.25) is 0 Å². The molecule has 0 aliphatic rings. The number of aryl methyl sites for hydroxylation is 1. The number of benzene rings is 1. The van der Waals surface area contributed by atoms with Crippen molar-refractivity contribution in [3.63, 3.8) is 0 Å². The van der Waals surface area contributed by atoms with Crippen LogP contribution in [-0.4, -0.2) is 15.4 Å². The summed E-state index contributed by atoms with van der Waals surface area (Å²) in [6.07, 6.45) is 4.50. The Morgan fingerprint density at radius 2 is 2.14 bits per heavy atom. The van der Waals surface area contributed by atoms with Gasteiger partial charge in [-0.05, 0) is 30.0 Å². The van der Waals surface area contributed by atoms with E-state index in [0.717, 1.165) is 17.8 Å². The Balaban J connectivity index is 2.30. The molecule has 0 radical (unpaired) electrons. The van der Waals surface area contributed by atoms with Crippen LogP contribution in [0.2, 0.25) is 0 Å². The van der Waals surface area contributed by atoms with Crippen LogP contribution in [0.4, 0.5) is 5.69 Å². The van der Waals surface area contributed by atoms with Gasteiger partial charge in [-0.3, -0.25) is 11.1 Å². The van der Waals surface area contributed by atoms with Crippen molar-refractivity contribution in [2.75, 3.05) is 5.73 Å². The van der Waals surface area contributed by atoms with Gasteiger partial charge in [0.25, 0.3) is 5.84 Å². The summed E-state index contributed by atoms with van der Waals surface area (Å²) >= 11 is 0. The highest BCUT2D eigenvalue weighted by molar-refractivity contribution is 5.99. The van der Waals surface area contributed by atoms with Crippen LogP contribution in [0.5, 0.6) is 5.75 Å². The molecule has 2 rings (SSSR count). The van der Waals surface area contributed by atoms with E-state index in [1.807, 2.05) is 29.9 Å². The number of ether oxygens (including phenoxy) is 1. The molecule has 6 nitrogen and oxygen atoms in total. The van der Waals surface area contributed by atoms with E-state index < -0.39 is 0 Å². The SMILES string of the molecule is CC(C)Cc1cc(OCc2nccn2C)c(N)c(C(N)=[NH2+])c1. The molecule has 0 fully saturated rings. The van der Waals surface area contributed by atoms with Crippen molar-refractivity contribution >= 4 is 11.5 Å². The number of aromatic nitrogens is 2. The van der Waals surface area contributed by atoms with Gasteiger partial charge in [-0.15, -0.1) is 0 Å². The normalized spacial score (nSPS) is 10.9. The van der Waals surface area contributed by atoms with Crippen LogP contribution in [-0.2, 0) is 20.1 Å². The zero-order valence-electron chi connectivity index (χ0n) is 13.3. The molecule has 1 heterocycles. The van der Waals surface area contributed by atoms with Crippen LogP contribution < -0.4 is 21.6 Å². The average molecular weight is 302 g/mol. The summed E-state index contributed by atoms with van der Waals surface area (Å²) in [7, 11) is 1.92. The molecule has 0 saturated heterocycles. The summed E-state index contributed by atoms with van der Waals surface area (Å²) in [6.45, 7) is 4.64. The Labute approximate surface area is 130 Å². The first kappa shape index (κ1) is 15.9. The molecule has 22 heavy (non-hydrogen) atoms. The average Bonchev–Trinajstić information content (AvgIpc) is 2.83. The minimum Gasteiger partial charge on any atom is -0.483 e. The molecule has 0 unspecified atom stereocenters. The maximum atomic E-state index is 6.13. The third-order valence-corrected chi connectivity index (χ3v) is 3.43. The van der Waals surface area contributed by atoms with E-state index in [9.17, 15) is 0 Å². The number of nitrogen functional groups attached to an aromatic ring is 1. The Kier molecular flexibility index (Phi) is 4.70. The lowest BCUT2D eigenvalue weighted by Gasteiger charge is -2.14. The molecule has 2 aromatic rings. The van der Waals surface area contributed by atoms with Crippen molar-refractivity contribution in [1.82, 2.24) is 9.55 Å². The smallest absolute Gasteiger partial charge is 0.272 e. The number of anilines is 1. The molecule has 1 aromatic heterocycles. The molecular weight excluding hydrogens is 278 g/mol. The third kappa shape index (κ3) is 3.58. The molecule has 0 aliphatic carbocycles. The Morgan fingerprint density at radius 1 is 1.41 bits per heavy atom. The molecule has 6 heteroatoms. The highest BCUT2D eigenvalue weighted by Gasteiger charge is 2.15. The zero-order chi connectivity index (χ0) is 16.3. The van der Waals surface area contributed by atoms with Crippen LogP contribution in [0, 0.1) is 5.92 Å². The lowest BCUT2D eigenvalue weighted by molar-refractivity contribution is -0.114. The van der Waals surface area contributed by atoms with Crippen molar-refractivity contribution in [1.29, 1.82) is 0 Å². The van der Waals surface area contributed by atoms with Crippen molar-refractivity contribution in [2.24, 2.45) is 18.7 Å². The maximum Gasteiger partial charge on any atom is 0.272 e. The summed E-state index contributed by atoms with van der Waals surface area (Å²) in [5.74, 6) is 2.12. The molecule has 0 amide bonds. The molecule has 118 valence electrons. The second-order valence-corrected chi connectivity index (χ2v) is 5.85. The maximum absolute atomic E-state index is 6.13. The minimum atomic E-state index is 0.199. The molecule has 0 atom stereocenters. The van der Waals surface area contributed by atoms with Gasteiger partial charge in [-0.2, -0.15) is 0 Å². The van der Waals surface area contributed by atoms with Crippen molar-refractivity contribution < 1.29 is 10.1 Å². The topological polar surface area (TPSA) is 105 Å². The fraction of sp³-hybridized carbons (Fsp3) is 0.375. The van der Waals surface area contributed by atoms with Crippen LogP contribution in [0.1, 0.15) is 30.8 Å². The predicted octanol–water partition coefficient (Wildman–Crippen LogP) is 0.244. The van der Waals surface area contributed by atoms with Gasteiger partial charge in [0.1, 0.15) is 18.2 Å². The van der Waals surface area contributed by atoms with E-state index in [4.69, 9.17) is 21.6 Å². The number of imidazole rings is 1. The molecule has 0 spiro atoms. The van der Waals surface area contributed by atoms with Crippen LogP contribution in [0.15, 0.2) is 24.5 Å². The highest BCUT2D eigenvalue weighted by atomic mass is 16.5. The number of nitrogens with two attached hydrogens (primary N) is 3. The second-order valence-electron chi connectivity index (χ2n) is 5.85. The zero-order valence-corrected chi connectivity index (χ0v) is 13.3. The van der Waals surface area contributed by atoms with Gasteiger partial charge >= 0.3 is 0 Å². The summed E-state index contributed by atoms with van der Waals surface area (Å²) in [6, 6.07) is 3.88. The van der Waals surface area contributed by atoms with Gasteiger partial charge in [-0.25, -0.2) is 4.98 Å². The predicted molar refractivity (Wildman–Crippen MR) is 87.2 cm³/mol. The molecule has 1 aromatic carbocycles. The first-order valence-corrected chi connectivity index (χ1v) is 7.28. The Bertz CT molecular complexity index is 675. The van der Waals surface area contributed by atoms with Gasteiger partial charge < -0.3 is 15.0 Å². The van der Waals surface area contributed by atoms with Gasteiger partial charge in [-0.1, -0.05) is 13.8 Å². The van der Waals surface area contributed by atoms with Gasteiger partial charge in [0.05, 0.1) is 11.3 Å². The van der Waals surface area contributed by atoms with Crippen molar-refractivity contribution in [2.45, 2.75) is 26.9 Å². The third-order valence-electron chi connectivity index (χ3n) is 3.43. The van der Waals surface area contributed by atoms with Crippen LogP contribution >= 0.6 is 0 Å². The fourth-order valence-corrected chi connectivity index (χ4v) is 2.31. The lowest BCUT2D eigenvalue weighted by Crippen LogP contribution is -2.46. The summed E-state index contributed by atoms with van der Waals surface area (Å²) in [5, 5.41) is 5.74. The molecular formula is C16H24N5O+. The van der Waals surface area contributed by atoms with Crippen molar-refractivity contribution in [3.8, 4) is 5.75 Å². The minimum absolute atomic E-state index is 0.199. The first-order valence-electron chi connectivity index (χ1n) is 7.28. The van der Waals surface area contributed by atoms with E-state index >= 15 is 0 Å². The number of nitrogens with zero attached hydrogens (tertiary/aromatic N) is 2.